The second-order valence-corrected chi connectivity index (χ2v) is 18.4. The molecule has 8 aromatic rings. The van der Waals surface area contributed by atoms with E-state index in [2.05, 4.69) is 225 Å². The maximum Gasteiger partial charge on any atom is 0.137 e. The van der Waals surface area contributed by atoms with Crippen LogP contribution in [-0.4, -0.2) is 0 Å². The van der Waals surface area contributed by atoms with E-state index in [1.54, 1.807) is 0 Å². The zero-order valence-electron chi connectivity index (χ0n) is 35.9. The van der Waals surface area contributed by atoms with E-state index in [-0.39, 0.29) is 10.8 Å². The van der Waals surface area contributed by atoms with Crippen LogP contribution in [0.5, 0.6) is 0 Å². The molecule has 0 atom stereocenters. The lowest BCUT2D eigenvalue weighted by Crippen LogP contribution is -2.14. The van der Waals surface area contributed by atoms with Crippen molar-refractivity contribution in [3.63, 3.8) is 0 Å². The quantitative estimate of drug-likeness (QED) is 0.154. The van der Waals surface area contributed by atoms with E-state index >= 15 is 0 Å². The van der Waals surface area contributed by atoms with Crippen molar-refractivity contribution in [2.75, 3.05) is 9.80 Å². The van der Waals surface area contributed by atoms with Gasteiger partial charge < -0.3 is 14.2 Å². The Bertz CT molecular complexity index is 2710. The molecular formula is C55H56N2O. The van der Waals surface area contributed by atoms with Crippen LogP contribution in [0.15, 0.2) is 150 Å². The second-order valence-electron chi connectivity index (χ2n) is 18.4. The van der Waals surface area contributed by atoms with E-state index in [9.17, 15) is 0 Å². The summed E-state index contributed by atoms with van der Waals surface area (Å²) in [5.74, 6) is 0. The normalized spacial score (nSPS) is 12.0. The van der Waals surface area contributed by atoms with E-state index in [0.717, 1.165) is 62.5 Å². The van der Waals surface area contributed by atoms with Crippen LogP contribution in [-0.2, 0) is 17.3 Å². The first-order valence-corrected chi connectivity index (χ1v) is 20.6. The van der Waals surface area contributed by atoms with Crippen LogP contribution in [0.25, 0.3) is 21.9 Å². The Morgan fingerprint density at radius 3 is 1.48 bits per heavy atom. The van der Waals surface area contributed by atoms with Crippen molar-refractivity contribution in [2.24, 2.45) is 0 Å². The first kappa shape index (κ1) is 38.8. The van der Waals surface area contributed by atoms with Crippen LogP contribution in [0.1, 0.15) is 86.1 Å². The van der Waals surface area contributed by atoms with E-state index in [4.69, 9.17) is 4.42 Å². The average molecular weight is 761 g/mol. The molecule has 0 aliphatic rings. The molecule has 0 amide bonds. The predicted octanol–water partition coefficient (Wildman–Crippen LogP) is 15.9. The number of fused-ring (bicyclic) bond motifs is 3. The molecule has 58 heavy (non-hydrogen) atoms. The van der Waals surface area contributed by atoms with Gasteiger partial charge in [0.15, 0.2) is 0 Å². The molecule has 0 unspecified atom stereocenters. The van der Waals surface area contributed by atoms with Crippen molar-refractivity contribution in [2.45, 2.75) is 86.5 Å². The smallest absolute Gasteiger partial charge is 0.137 e. The molecule has 3 heteroatoms. The monoisotopic (exact) mass is 760 g/mol. The van der Waals surface area contributed by atoms with Gasteiger partial charge in [-0.1, -0.05) is 108 Å². The maximum atomic E-state index is 6.70. The highest BCUT2D eigenvalue weighted by molar-refractivity contribution is 6.13. The molecule has 0 bridgehead atoms. The van der Waals surface area contributed by atoms with Crippen molar-refractivity contribution in [3.05, 3.63) is 190 Å². The van der Waals surface area contributed by atoms with Gasteiger partial charge in [0.2, 0.25) is 0 Å². The number of hydrogen-bond donors (Lipinski definition) is 0. The van der Waals surface area contributed by atoms with Gasteiger partial charge in [-0.25, -0.2) is 0 Å². The van der Waals surface area contributed by atoms with Crippen molar-refractivity contribution in [1.82, 2.24) is 0 Å². The molecule has 8 rings (SSSR count). The molecular weight excluding hydrogens is 705 g/mol. The molecule has 0 fully saturated rings. The summed E-state index contributed by atoms with van der Waals surface area (Å²) in [7, 11) is 0. The first-order chi connectivity index (χ1) is 27.6. The average Bonchev–Trinajstić information content (AvgIpc) is 3.53. The number of anilines is 6. The molecule has 0 saturated carbocycles. The third kappa shape index (κ3) is 7.91. The standard InChI is InChI=1S/C55H56N2O/c1-36-26-37(2)29-47(28-36)56(44-22-18-42(19-23-44)54(5,6)7)46-15-13-14-40(33-46)32-41-34-50(53-49-16-11-12-17-51(49)58-52(53)35-41)57(48-30-38(3)27-39(4)31-48)45-24-20-43(21-25-45)55(8,9)10/h11-31,33-35H,32H2,1-10H3. The molecule has 0 N–H and O–H groups in total. The van der Waals surface area contributed by atoms with Gasteiger partial charge in [0.1, 0.15) is 11.2 Å². The molecule has 0 saturated heterocycles. The molecule has 0 spiro atoms. The fourth-order valence-corrected chi connectivity index (χ4v) is 8.46. The van der Waals surface area contributed by atoms with Gasteiger partial charge in [-0.15, -0.1) is 0 Å². The van der Waals surface area contributed by atoms with Crippen LogP contribution >= 0.6 is 0 Å². The van der Waals surface area contributed by atoms with E-state index in [0.29, 0.717) is 0 Å². The lowest BCUT2D eigenvalue weighted by Gasteiger charge is -2.29. The zero-order chi connectivity index (χ0) is 40.9. The largest absolute Gasteiger partial charge is 0.456 e. The van der Waals surface area contributed by atoms with Crippen molar-refractivity contribution in [3.8, 4) is 0 Å². The number of rotatable bonds is 8. The number of hydrogen-bond acceptors (Lipinski definition) is 3. The van der Waals surface area contributed by atoms with Gasteiger partial charge in [-0.05, 0) is 168 Å². The molecule has 7 aromatic carbocycles. The topological polar surface area (TPSA) is 19.6 Å². The highest BCUT2D eigenvalue weighted by Crippen LogP contribution is 2.45. The summed E-state index contributed by atoms with van der Waals surface area (Å²) in [5, 5.41) is 2.23. The Kier molecular flexibility index (Phi) is 10.1. The van der Waals surface area contributed by atoms with Gasteiger partial charge >= 0.3 is 0 Å². The fraction of sp³-hybridized carbons (Fsp3) is 0.236. The minimum atomic E-state index is 0.0510. The Morgan fingerprint density at radius 2 is 0.931 bits per heavy atom. The van der Waals surface area contributed by atoms with Crippen LogP contribution in [0.3, 0.4) is 0 Å². The first-order valence-electron chi connectivity index (χ1n) is 20.6. The third-order valence-corrected chi connectivity index (χ3v) is 11.2. The number of aryl methyl sites for hydroxylation is 4. The summed E-state index contributed by atoms with van der Waals surface area (Å²) in [6.07, 6.45) is 0.737. The SMILES string of the molecule is Cc1cc(C)cc(N(c2ccc(C(C)(C)C)cc2)c2cccc(Cc3cc(N(c4ccc(C(C)(C)C)cc4)c4cc(C)cc(C)c4)c4c(c3)oc3ccccc34)c2)c1. The van der Waals surface area contributed by atoms with Gasteiger partial charge in [-0.2, -0.15) is 0 Å². The number of benzene rings is 7. The van der Waals surface area contributed by atoms with Gasteiger partial charge in [0, 0.05) is 33.8 Å². The maximum absolute atomic E-state index is 6.70. The Balaban J connectivity index is 1.28. The Labute approximate surface area is 345 Å². The minimum absolute atomic E-state index is 0.0510. The predicted molar refractivity (Wildman–Crippen MR) is 249 cm³/mol. The number of nitrogens with zero attached hydrogens (tertiary/aromatic N) is 2. The fourth-order valence-electron chi connectivity index (χ4n) is 8.46. The van der Waals surface area contributed by atoms with Gasteiger partial charge in [0.05, 0.1) is 11.1 Å². The molecule has 1 heterocycles. The number of furan rings is 1. The van der Waals surface area contributed by atoms with Gasteiger partial charge in [0.25, 0.3) is 0 Å². The van der Waals surface area contributed by atoms with Gasteiger partial charge in [-0.3, -0.25) is 0 Å². The Hall–Kier alpha value is -6.06. The highest BCUT2D eigenvalue weighted by atomic mass is 16.3. The van der Waals surface area contributed by atoms with E-state index in [1.165, 1.54) is 44.5 Å². The lowest BCUT2D eigenvalue weighted by atomic mass is 9.87. The zero-order valence-corrected chi connectivity index (χ0v) is 35.9. The lowest BCUT2D eigenvalue weighted by molar-refractivity contribution is 0.590. The molecule has 3 nitrogen and oxygen atoms in total. The molecule has 292 valence electrons. The van der Waals surface area contributed by atoms with Crippen LogP contribution in [0.2, 0.25) is 0 Å². The highest BCUT2D eigenvalue weighted by Gasteiger charge is 2.23. The van der Waals surface area contributed by atoms with E-state index in [1.807, 2.05) is 0 Å². The van der Waals surface area contributed by atoms with Crippen LogP contribution in [0, 0.1) is 27.7 Å². The number of para-hydroxylation sites is 1. The summed E-state index contributed by atoms with van der Waals surface area (Å²) in [5.41, 5.74) is 18.7. The van der Waals surface area contributed by atoms with E-state index < -0.39 is 0 Å². The molecule has 1 aromatic heterocycles. The summed E-state index contributed by atoms with van der Waals surface area (Å²) in [6.45, 7) is 22.3. The minimum Gasteiger partial charge on any atom is -0.456 e. The Morgan fingerprint density at radius 1 is 0.414 bits per heavy atom. The van der Waals surface area contributed by atoms with Crippen molar-refractivity contribution in [1.29, 1.82) is 0 Å². The molecule has 0 radical (unpaired) electrons. The van der Waals surface area contributed by atoms with Crippen molar-refractivity contribution >= 4 is 56.1 Å². The summed E-state index contributed by atoms with van der Waals surface area (Å²) in [4.78, 5) is 4.83. The summed E-state index contributed by atoms with van der Waals surface area (Å²) < 4.78 is 6.70. The summed E-state index contributed by atoms with van der Waals surface area (Å²) in [6, 6.07) is 54.0. The van der Waals surface area contributed by atoms with Crippen LogP contribution < -0.4 is 9.80 Å². The van der Waals surface area contributed by atoms with Crippen LogP contribution in [0.4, 0.5) is 34.1 Å². The molecule has 0 aliphatic carbocycles. The second kappa shape index (κ2) is 15.0. The van der Waals surface area contributed by atoms with Crippen molar-refractivity contribution < 1.29 is 4.42 Å². The molecule has 0 aliphatic heterocycles. The summed E-state index contributed by atoms with van der Waals surface area (Å²) >= 11 is 0. The third-order valence-electron chi connectivity index (χ3n) is 11.2.